The first kappa shape index (κ1) is 27.6. The van der Waals surface area contributed by atoms with Crippen molar-refractivity contribution in [2.45, 2.75) is 39.2 Å². The van der Waals surface area contributed by atoms with Crippen molar-refractivity contribution in [1.29, 1.82) is 0 Å². The number of hydrogen-bond donors (Lipinski definition) is 1. The van der Waals surface area contributed by atoms with E-state index >= 15 is 0 Å². The fraction of sp³-hybridized carbons (Fsp3) is 0.226. The molecule has 204 valence electrons. The summed E-state index contributed by atoms with van der Waals surface area (Å²) in [6, 6.07) is 17.7. The normalized spacial score (nSPS) is 13.8. The molecule has 0 bridgehead atoms. The zero-order valence-corrected chi connectivity index (χ0v) is 24.0. The SMILES string of the molecule is COc1ccc2c(c1)C(CC(=O)c1ccc(NC(=O)c3c(-c4c(Cl)cccc4Cl)noc3C)cc1)=NC(C)(C)C2. The number of nitrogens with zero attached hydrogens (tertiary/aromatic N) is 2. The maximum Gasteiger partial charge on any atom is 0.261 e. The number of rotatable bonds is 7. The van der Waals surface area contributed by atoms with Gasteiger partial charge in [-0.2, -0.15) is 0 Å². The number of methoxy groups -OCH3 is 1. The molecular formula is C31H27Cl2N3O4. The molecule has 0 spiro atoms. The second-order valence-corrected chi connectivity index (χ2v) is 11.1. The number of carbonyl (C=O) groups is 2. The molecule has 40 heavy (non-hydrogen) atoms. The molecule has 0 unspecified atom stereocenters. The highest BCUT2D eigenvalue weighted by atomic mass is 35.5. The number of aromatic nitrogens is 1. The molecule has 0 atom stereocenters. The first-order chi connectivity index (χ1) is 19.1. The van der Waals surface area contributed by atoms with E-state index in [0.29, 0.717) is 32.6 Å². The summed E-state index contributed by atoms with van der Waals surface area (Å²) in [4.78, 5) is 31.4. The summed E-state index contributed by atoms with van der Waals surface area (Å²) in [7, 11) is 1.62. The van der Waals surface area contributed by atoms with Crippen LogP contribution < -0.4 is 10.1 Å². The van der Waals surface area contributed by atoms with Gasteiger partial charge >= 0.3 is 0 Å². The average molecular weight is 576 g/mol. The molecule has 5 rings (SSSR count). The Morgan fingerprint density at radius 2 is 1.75 bits per heavy atom. The molecule has 1 aliphatic heterocycles. The predicted octanol–water partition coefficient (Wildman–Crippen LogP) is 7.61. The van der Waals surface area contributed by atoms with Crippen LogP contribution in [0.1, 0.15) is 57.9 Å². The summed E-state index contributed by atoms with van der Waals surface area (Å²) >= 11 is 12.7. The van der Waals surface area contributed by atoms with E-state index in [1.807, 2.05) is 18.2 Å². The summed E-state index contributed by atoms with van der Waals surface area (Å²) in [5.74, 6) is 0.534. The Labute approximate surface area is 242 Å². The second-order valence-electron chi connectivity index (χ2n) is 10.3. The molecule has 0 fully saturated rings. The van der Waals surface area contributed by atoms with Crippen LogP contribution in [0.3, 0.4) is 0 Å². The summed E-state index contributed by atoms with van der Waals surface area (Å²) in [6.45, 7) is 5.76. The molecule has 7 nitrogen and oxygen atoms in total. The van der Waals surface area contributed by atoms with Gasteiger partial charge in [-0.25, -0.2) is 0 Å². The van der Waals surface area contributed by atoms with E-state index in [1.165, 1.54) is 0 Å². The summed E-state index contributed by atoms with van der Waals surface area (Å²) in [5.41, 5.74) is 4.43. The Morgan fingerprint density at radius 3 is 2.42 bits per heavy atom. The number of aliphatic imine (C=N–C) groups is 1. The Kier molecular flexibility index (Phi) is 7.53. The molecule has 0 saturated carbocycles. The van der Waals surface area contributed by atoms with Crippen LogP contribution in [-0.4, -0.2) is 35.2 Å². The van der Waals surface area contributed by atoms with Gasteiger partial charge in [0.2, 0.25) is 0 Å². The Hall–Kier alpha value is -3.94. The Morgan fingerprint density at radius 1 is 1.05 bits per heavy atom. The number of aryl methyl sites for hydroxylation is 1. The zero-order valence-electron chi connectivity index (χ0n) is 22.5. The van der Waals surface area contributed by atoms with Gasteiger partial charge in [-0.15, -0.1) is 0 Å². The number of anilines is 1. The molecule has 0 saturated heterocycles. The van der Waals surface area contributed by atoms with Crippen molar-refractivity contribution in [3.63, 3.8) is 0 Å². The molecular weight excluding hydrogens is 549 g/mol. The second kappa shape index (κ2) is 10.9. The van der Waals surface area contributed by atoms with Crippen molar-refractivity contribution in [2.24, 2.45) is 4.99 Å². The summed E-state index contributed by atoms with van der Waals surface area (Å²) in [6.07, 6.45) is 0.936. The topological polar surface area (TPSA) is 93.8 Å². The molecule has 1 aliphatic rings. The van der Waals surface area contributed by atoms with Crippen LogP contribution >= 0.6 is 23.2 Å². The van der Waals surface area contributed by atoms with Crippen LogP contribution in [0.15, 0.2) is 70.2 Å². The summed E-state index contributed by atoms with van der Waals surface area (Å²) in [5, 5.41) is 7.58. The fourth-order valence-electron chi connectivity index (χ4n) is 4.89. The van der Waals surface area contributed by atoms with Gasteiger partial charge in [0.05, 0.1) is 34.8 Å². The van der Waals surface area contributed by atoms with Crippen molar-refractivity contribution < 1.29 is 18.8 Å². The van der Waals surface area contributed by atoms with Crippen LogP contribution in [0.2, 0.25) is 10.0 Å². The van der Waals surface area contributed by atoms with E-state index in [-0.39, 0.29) is 29.0 Å². The number of ether oxygens (including phenoxy) is 1. The van der Waals surface area contributed by atoms with E-state index in [4.69, 9.17) is 37.5 Å². The van der Waals surface area contributed by atoms with Gasteiger partial charge in [0.1, 0.15) is 22.8 Å². The minimum atomic E-state index is -0.437. The number of amides is 1. The standard InChI is InChI=1S/C31H27Cl2N3O4/c1-17-27(29(36-40-17)28-23(32)6-5-7-24(28)33)30(38)34-20-11-8-18(9-12-20)26(37)15-25-22-14-21(39-4)13-10-19(22)16-31(2,3)35-25/h5-14H,15-16H2,1-4H3,(H,34,38). The lowest BCUT2D eigenvalue weighted by atomic mass is 9.85. The highest BCUT2D eigenvalue weighted by Crippen LogP contribution is 2.37. The van der Waals surface area contributed by atoms with Gasteiger partial charge < -0.3 is 14.6 Å². The zero-order chi connectivity index (χ0) is 28.6. The van der Waals surface area contributed by atoms with Gasteiger partial charge in [-0.1, -0.05) is 40.5 Å². The monoisotopic (exact) mass is 575 g/mol. The lowest BCUT2D eigenvalue weighted by molar-refractivity contribution is 0.0998. The summed E-state index contributed by atoms with van der Waals surface area (Å²) < 4.78 is 10.7. The minimum Gasteiger partial charge on any atom is -0.497 e. The molecule has 4 aromatic rings. The highest BCUT2D eigenvalue weighted by molar-refractivity contribution is 6.39. The van der Waals surface area contributed by atoms with Crippen molar-refractivity contribution >= 4 is 46.3 Å². The molecule has 1 amide bonds. The number of carbonyl (C=O) groups excluding carboxylic acids is 2. The van der Waals surface area contributed by atoms with Gasteiger partial charge in [0, 0.05) is 22.4 Å². The Balaban J connectivity index is 1.34. The number of fused-ring (bicyclic) bond motifs is 1. The maximum atomic E-state index is 13.3. The molecule has 3 aromatic carbocycles. The minimum absolute atomic E-state index is 0.0753. The van der Waals surface area contributed by atoms with Crippen LogP contribution in [-0.2, 0) is 6.42 Å². The van der Waals surface area contributed by atoms with Crippen molar-refractivity contribution in [2.75, 3.05) is 12.4 Å². The number of ketones is 1. The maximum absolute atomic E-state index is 13.3. The number of benzene rings is 3. The third-order valence-corrected chi connectivity index (χ3v) is 7.40. The average Bonchev–Trinajstić information content (AvgIpc) is 3.29. The van der Waals surface area contributed by atoms with E-state index in [0.717, 1.165) is 29.0 Å². The van der Waals surface area contributed by atoms with Crippen LogP contribution in [0, 0.1) is 6.92 Å². The van der Waals surface area contributed by atoms with Crippen molar-refractivity contribution in [3.05, 3.63) is 98.7 Å². The third-order valence-electron chi connectivity index (χ3n) is 6.77. The predicted molar refractivity (Wildman–Crippen MR) is 157 cm³/mol. The van der Waals surface area contributed by atoms with Crippen LogP contribution in [0.25, 0.3) is 11.3 Å². The smallest absolute Gasteiger partial charge is 0.261 e. The van der Waals surface area contributed by atoms with Crippen LogP contribution in [0.4, 0.5) is 5.69 Å². The van der Waals surface area contributed by atoms with Gasteiger partial charge in [-0.05, 0) is 81.3 Å². The largest absolute Gasteiger partial charge is 0.497 e. The van der Waals surface area contributed by atoms with Gasteiger partial charge in [0.15, 0.2) is 5.78 Å². The fourth-order valence-corrected chi connectivity index (χ4v) is 5.47. The molecule has 9 heteroatoms. The van der Waals surface area contributed by atoms with Crippen LogP contribution in [0.5, 0.6) is 5.75 Å². The molecule has 1 N–H and O–H groups in total. The third kappa shape index (κ3) is 5.53. The van der Waals surface area contributed by atoms with Gasteiger partial charge in [0.25, 0.3) is 5.91 Å². The van der Waals surface area contributed by atoms with Gasteiger partial charge in [-0.3, -0.25) is 14.6 Å². The van der Waals surface area contributed by atoms with E-state index in [1.54, 1.807) is 56.5 Å². The Bertz CT molecular complexity index is 1640. The molecule has 2 heterocycles. The number of halogens is 2. The van der Waals surface area contributed by atoms with E-state index < -0.39 is 5.91 Å². The number of nitrogens with one attached hydrogen (secondary N) is 1. The first-order valence-electron chi connectivity index (χ1n) is 12.7. The first-order valence-corrected chi connectivity index (χ1v) is 13.4. The van der Waals surface area contributed by atoms with E-state index in [9.17, 15) is 9.59 Å². The highest BCUT2D eigenvalue weighted by Gasteiger charge is 2.29. The number of Topliss-reactive ketones (excluding diaryl/α,β-unsaturated/α-hetero) is 1. The number of hydrogen-bond acceptors (Lipinski definition) is 6. The van der Waals surface area contributed by atoms with Crippen molar-refractivity contribution in [3.8, 4) is 17.0 Å². The van der Waals surface area contributed by atoms with Crippen molar-refractivity contribution in [1.82, 2.24) is 5.16 Å². The van der Waals surface area contributed by atoms with E-state index in [2.05, 4.69) is 24.3 Å². The molecule has 1 aromatic heterocycles. The lowest BCUT2D eigenvalue weighted by Crippen LogP contribution is -2.30. The molecule has 0 radical (unpaired) electrons. The lowest BCUT2D eigenvalue weighted by Gasteiger charge is -2.29. The quantitative estimate of drug-likeness (QED) is 0.229. The molecule has 0 aliphatic carbocycles.